The van der Waals surface area contributed by atoms with E-state index in [9.17, 15) is 4.79 Å². The zero-order chi connectivity index (χ0) is 13.7. The van der Waals surface area contributed by atoms with Crippen LogP contribution in [-0.2, 0) is 0 Å². The normalized spacial score (nSPS) is 10.2. The van der Waals surface area contributed by atoms with Crippen molar-refractivity contribution in [1.82, 2.24) is 0 Å². The zero-order valence-corrected chi connectivity index (χ0v) is 11.1. The molecule has 1 rings (SSSR count). The summed E-state index contributed by atoms with van der Waals surface area (Å²) in [5.41, 5.74) is 0.916. The van der Waals surface area contributed by atoms with E-state index in [1.54, 1.807) is 12.1 Å². The van der Waals surface area contributed by atoms with Gasteiger partial charge in [0.15, 0.2) is 0 Å². The third kappa shape index (κ3) is 3.38. The predicted octanol–water partition coefficient (Wildman–Crippen LogP) is 3.17. The van der Waals surface area contributed by atoms with Crippen molar-refractivity contribution >= 4 is 23.3 Å². The van der Waals surface area contributed by atoms with E-state index < -0.39 is 5.97 Å². The van der Waals surface area contributed by atoms with E-state index in [1.165, 1.54) is 6.07 Å². The van der Waals surface area contributed by atoms with Crippen molar-refractivity contribution < 1.29 is 9.90 Å². The molecule has 0 fully saturated rings. The van der Waals surface area contributed by atoms with Crippen LogP contribution in [0.2, 0.25) is 5.02 Å². The largest absolute Gasteiger partial charge is 0.478 e. The molecule has 1 aromatic rings. The number of carboxylic acids is 1. The lowest BCUT2D eigenvalue weighted by molar-refractivity contribution is 0.0697. The lowest BCUT2D eigenvalue weighted by Crippen LogP contribution is -2.31. The van der Waals surface area contributed by atoms with Gasteiger partial charge in [0.25, 0.3) is 0 Å². The minimum Gasteiger partial charge on any atom is -0.478 e. The first-order chi connectivity index (χ1) is 8.47. The monoisotopic (exact) mass is 266 g/mol. The Morgan fingerprint density at radius 1 is 1.56 bits per heavy atom. The Morgan fingerprint density at radius 2 is 2.22 bits per heavy atom. The molecule has 0 bridgehead atoms. The van der Waals surface area contributed by atoms with Gasteiger partial charge in [-0.1, -0.05) is 11.6 Å². The van der Waals surface area contributed by atoms with Crippen LogP contribution in [0.25, 0.3) is 0 Å². The minimum atomic E-state index is -1.04. The highest BCUT2D eigenvalue weighted by Crippen LogP contribution is 2.25. The number of hydrogen-bond donors (Lipinski definition) is 1. The Hall–Kier alpha value is -1.73. The topological polar surface area (TPSA) is 64.3 Å². The fourth-order valence-electron chi connectivity index (χ4n) is 1.71. The van der Waals surface area contributed by atoms with Gasteiger partial charge in [-0.25, -0.2) is 4.79 Å². The smallest absolute Gasteiger partial charge is 0.337 e. The molecule has 0 aliphatic carbocycles. The zero-order valence-electron chi connectivity index (χ0n) is 10.4. The number of carbonyl (C=O) groups is 1. The van der Waals surface area contributed by atoms with E-state index in [0.29, 0.717) is 13.0 Å². The van der Waals surface area contributed by atoms with Crippen molar-refractivity contribution in [3.05, 3.63) is 28.8 Å². The summed E-state index contributed by atoms with van der Waals surface area (Å²) < 4.78 is 0. The number of benzene rings is 1. The van der Waals surface area contributed by atoms with Gasteiger partial charge in [-0.15, -0.1) is 0 Å². The van der Waals surface area contributed by atoms with Crippen LogP contribution in [0, 0.1) is 11.3 Å². The van der Waals surface area contributed by atoms with Gasteiger partial charge in [-0.3, -0.25) is 0 Å². The van der Waals surface area contributed by atoms with E-state index in [2.05, 4.69) is 6.07 Å². The standard InChI is InChI=1S/C13H15ClN2O2/c1-9(2)16(7-3-6-15)10-4-5-11(13(17)18)12(14)8-10/h4-5,8-9H,3,7H2,1-2H3,(H,17,18). The van der Waals surface area contributed by atoms with Gasteiger partial charge in [0.2, 0.25) is 0 Å². The van der Waals surface area contributed by atoms with Crippen LogP contribution in [-0.4, -0.2) is 23.7 Å². The first-order valence-corrected chi connectivity index (χ1v) is 6.01. The molecule has 96 valence electrons. The van der Waals surface area contributed by atoms with Crippen molar-refractivity contribution in [2.24, 2.45) is 0 Å². The Bertz CT molecular complexity index is 480. The van der Waals surface area contributed by atoms with E-state index >= 15 is 0 Å². The van der Waals surface area contributed by atoms with Crippen LogP contribution in [0.3, 0.4) is 0 Å². The maximum absolute atomic E-state index is 10.9. The maximum Gasteiger partial charge on any atom is 0.337 e. The Morgan fingerprint density at radius 3 is 2.67 bits per heavy atom. The molecule has 0 radical (unpaired) electrons. The molecule has 0 amide bonds. The number of aromatic carboxylic acids is 1. The number of nitrogens with zero attached hydrogens (tertiary/aromatic N) is 2. The van der Waals surface area contributed by atoms with E-state index in [0.717, 1.165) is 5.69 Å². The van der Waals surface area contributed by atoms with Crippen LogP contribution in [0.4, 0.5) is 5.69 Å². The molecule has 0 saturated carbocycles. The second kappa shape index (κ2) is 6.27. The fourth-order valence-corrected chi connectivity index (χ4v) is 1.97. The van der Waals surface area contributed by atoms with Gasteiger partial charge in [0.05, 0.1) is 23.1 Å². The van der Waals surface area contributed by atoms with Crippen molar-refractivity contribution in [3.63, 3.8) is 0 Å². The molecule has 0 atom stereocenters. The molecular weight excluding hydrogens is 252 g/mol. The van der Waals surface area contributed by atoms with Gasteiger partial charge in [0.1, 0.15) is 0 Å². The quantitative estimate of drug-likeness (QED) is 0.889. The van der Waals surface area contributed by atoms with Crippen LogP contribution in [0.5, 0.6) is 0 Å². The average Bonchev–Trinajstić information content (AvgIpc) is 2.28. The fraction of sp³-hybridized carbons (Fsp3) is 0.385. The number of nitriles is 1. The third-order valence-corrected chi connectivity index (χ3v) is 2.92. The first kappa shape index (κ1) is 14.3. The van der Waals surface area contributed by atoms with Crippen molar-refractivity contribution in [3.8, 4) is 6.07 Å². The Kier molecular flexibility index (Phi) is 4.99. The lowest BCUT2D eigenvalue weighted by Gasteiger charge is -2.28. The molecule has 1 aromatic carbocycles. The van der Waals surface area contributed by atoms with Gasteiger partial charge >= 0.3 is 5.97 Å². The van der Waals surface area contributed by atoms with Crippen LogP contribution < -0.4 is 4.90 Å². The summed E-state index contributed by atoms with van der Waals surface area (Å²) in [5.74, 6) is -1.04. The summed E-state index contributed by atoms with van der Waals surface area (Å²) in [7, 11) is 0. The molecule has 0 unspecified atom stereocenters. The van der Waals surface area contributed by atoms with Crippen LogP contribution >= 0.6 is 11.6 Å². The van der Waals surface area contributed by atoms with Crippen molar-refractivity contribution in [2.75, 3.05) is 11.4 Å². The molecule has 0 saturated heterocycles. The molecule has 0 aliphatic rings. The highest BCUT2D eigenvalue weighted by atomic mass is 35.5. The summed E-state index contributed by atoms with van der Waals surface area (Å²) in [6.45, 7) is 4.61. The Balaban J connectivity index is 3.03. The highest BCUT2D eigenvalue weighted by molar-refractivity contribution is 6.33. The molecule has 0 aromatic heterocycles. The molecule has 5 heteroatoms. The summed E-state index contributed by atoms with van der Waals surface area (Å²) >= 11 is 5.93. The second-order valence-electron chi connectivity index (χ2n) is 4.16. The Labute approximate surface area is 111 Å². The number of hydrogen-bond acceptors (Lipinski definition) is 3. The second-order valence-corrected chi connectivity index (χ2v) is 4.57. The predicted molar refractivity (Wildman–Crippen MR) is 71.1 cm³/mol. The van der Waals surface area contributed by atoms with Gasteiger partial charge in [0, 0.05) is 18.3 Å². The summed E-state index contributed by atoms with van der Waals surface area (Å²) in [6, 6.07) is 7.14. The van der Waals surface area contributed by atoms with Crippen LogP contribution in [0.15, 0.2) is 18.2 Å². The molecular formula is C13H15ClN2O2. The number of anilines is 1. The number of rotatable bonds is 5. The number of carboxylic acid groups (broad SMARTS) is 1. The van der Waals surface area contributed by atoms with Gasteiger partial charge < -0.3 is 10.0 Å². The molecule has 0 aliphatic heterocycles. The molecule has 0 heterocycles. The first-order valence-electron chi connectivity index (χ1n) is 5.63. The van der Waals surface area contributed by atoms with Crippen molar-refractivity contribution in [2.45, 2.75) is 26.3 Å². The average molecular weight is 267 g/mol. The molecule has 0 spiro atoms. The maximum atomic E-state index is 10.9. The summed E-state index contributed by atoms with van der Waals surface area (Å²) in [6.07, 6.45) is 0.413. The van der Waals surface area contributed by atoms with E-state index in [1.807, 2.05) is 18.7 Å². The summed E-state index contributed by atoms with van der Waals surface area (Å²) in [5, 5.41) is 17.8. The van der Waals surface area contributed by atoms with Crippen LogP contribution in [0.1, 0.15) is 30.6 Å². The van der Waals surface area contributed by atoms with Crippen molar-refractivity contribution in [1.29, 1.82) is 5.26 Å². The SMILES string of the molecule is CC(C)N(CCC#N)c1ccc(C(=O)O)c(Cl)c1. The third-order valence-electron chi connectivity index (χ3n) is 2.60. The summed E-state index contributed by atoms with van der Waals surface area (Å²) in [4.78, 5) is 12.9. The van der Waals surface area contributed by atoms with Gasteiger partial charge in [-0.05, 0) is 32.0 Å². The lowest BCUT2D eigenvalue weighted by atomic mass is 10.1. The molecule has 4 nitrogen and oxygen atoms in total. The van der Waals surface area contributed by atoms with E-state index in [-0.39, 0.29) is 16.6 Å². The highest BCUT2D eigenvalue weighted by Gasteiger charge is 2.14. The molecule has 18 heavy (non-hydrogen) atoms. The minimum absolute atomic E-state index is 0.0874. The molecule has 1 N–H and O–H groups in total. The van der Waals surface area contributed by atoms with E-state index in [4.69, 9.17) is 22.0 Å². The van der Waals surface area contributed by atoms with Gasteiger partial charge in [-0.2, -0.15) is 5.26 Å². The number of halogens is 1.